The minimum Gasteiger partial charge on any atom is -0.352 e. The van der Waals surface area contributed by atoms with Crippen LogP contribution < -0.4 is 10.0 Å². The van der Waals surface area contributed by atoms with Crippen LogP contribution >= 0.6 is 0 Å². The molecule has 0 aliphatic heterocycles. The zero-order valence-corrected chi connectivity index (χ0v) is 18.3. The molecule has 2 N–H and O–H groups in total. The van der Waals surface area contributed by atoms with E-state index in [4.69, 9.17) is 0 Å². The molecule has 0 aliphatic rings. The molecule has 0 aromatic heterocycles. The van der Waals surface area contributed by atoms with Gasteiger partial charge < -0.3 is 5.32 Å². The third-order valence-corrected chi connectivity index (χ3v) is 6.62. The van der Waals surface area contributed by atoms with Crippen LogP contribution in [0.15, 0.2) is 102 Å². The van der Waals surface area contributed by atoms with Gasteiger partial charge in [0.1, 0.15) is 0 Å². The Balaban J connectivity index is 1.35. The Hall–Kier alpha value is -3.64. The molecule has 6 heteroatoms. The summed E-state index contributed by atoms with van der Waals surface area (Å²) in [6.07, 6.45) is 1.67. The maximum Gasteiger partial charge on any atom is 0.261 e. The number of nitrogens with one attached hydrogen (secondary N) is 2. The van der Waals surface area contributed by atoms with Crippen molar-refractivity contribution in [3.8, 4) is 0 Å². The molecule has 1 amide bonds. The van der Waals surface area contributed by atoms with E-state index in [1.54, 1.807) is 42.5 Å². The van der Waals surface area contributed by atoms with Crippen molar-refractivity contribution in [2.24, 2.45) is 0 Å². The number of aryl methyl sites for hydroxylation is 1. The first-order chi connectivity index (χ1) is 15.5. The summed E-state index contributed by atoms with van der Waals surface area (Å²) < 4.78 is 27.5. The largest absolute Gasteiger partial charge is 0.352 e. The lowest BCUT2D eigenvalue weighted by atomic mass is 10.0. The van der Waals surface area contributed by atoms with Crippen molar-refractivity contribution in [3.63, 3.8) is 0 Å². The second-order valence-corrected chi connectivity index (χ2v) is 9.18. The minimum atomic E-state index is -3.71. The molecule has 0 fully saturated rings. The maximum atomic E-state index is 12.6. The summed E-state index contributed by atoms with van der Waals surface area (Å²) in [6, 6.07) is 29.2. The lowest BCUT2D eigenvalue weighted by molar-refractivity contribution is 0.0953. The molecule has 0 atom stereocenters. The summed E-state index contributed by atoms with van der Waals surface area (Å²) in [5.74, 6) is -0.233. The number of carbonyl (C=O) groups is 1. The van der Waals surface area contributed by atoms with E-state index in [0.29, 0.717) is 17.8 Å². The molecule has 162 valence electrons. The van der Waals surface area contributed by atoms with Crippen LogP contribution in [0.4, 0.5) is 5.69 Å². The Morgan fingerprint density at radius 1 is 0.781 bits per heavy atom. The van der Waals surface area contributed by atoms with Gasteiger partial charge in [0, 0.05) is 17.8 Å². The molecule has 4 aromatic rings. The van der Waals surface area contributed by atoms with Gasteiger partial charge in [-0.3, -0.25) is 9.52 Å². The van der Waals surface area contributed by atoms with Gasteiger partial charge >= 0.3 is 0 Å². The summed E-state index contributed by atoms with van der Waals surface area (Å²) in [6.45, 7) is 0.530. The third kappa shape index (κ3) is 5.15. The monoisotopic (exact) mass is 444 g/mol. The van der Waals surface area contributed by atoms with E-state index >= 15 is 0 Å². The van der Waals surface area contributed by atoms with Crippen LogP contribution in [0.5, 0.6) is 0 Å². The number of sulfonamides is 1. The highest BCUT2D eigenvalue weighted by atomic mass is 32.2. The summed E-state index contributed by atoms with van der Waals surface area (Å²) in [5, 5.41) is 5.37. The maximum absolute atomic E-state index is 12.6. The minimum absolute atomic E-state index is 0.170. The topological polar surface area (TPSA) is 75.3 Å². The first-order valence-corrected chi connectivity index (χ1v) is 11.9. The predicted octanol–water partition coefficient (Wildman–Crippen LogP) is 5.00. The second kappa shape index (κ2) is 9.66. The Morgan fingerprint density at radius 3 is 2.34 bits per heavy atom. The lowest BCUT2D eigenvalue weighted by Crippen LogP contribution is -2.25. The van der Waals surface area contributed by atoms with Crippen LogP contribution in [0.25, 0.3) is 10.8 Å². The van der Waals surface area contributed by atoms with E-state index in [-0.39, 0.29) is 10.8 Å². The van der Waals surface area contributed by atoms with Crippen LogP contribution in [-0.4, -0.2) is 20.9 Å². The van der Waals surface area contributed by atoms with Crippen molar-refractivity contribution >= 4 is 32.4 Å². The number of rotatable bonds is 8. The SMILES string of the molecule is O=C(NCCCc1cccc2ccccc12)c1cccc(NS(=O)(=O)c2ccccc2)c1. The van der Waals surface area contributed by atoms with Gasteiger partial charge in [0.2, 0.25) is 0 Å². The van der Waals surface area contributed by atoms with Gasteiger partial charge in [-0.25, -0.2) is 8.42 Å². The molecule has 0 spiro atoms. The fourth-order valence-electron chi connectivity index (χ4n) is 3.63. The molecular formula is C26H24N2O3S. The number of benzene rings is 4. The predicted molar refractivity (Wildman–Crippen MR) is 128 cm³/mol. The highest BCUT2D eigenvalue weighted by molar-refractivity contribution is 7.92. The fourth-order valence-corrected chi connectivity index (χ4v) is 4.70. The van der Waals surface area contributed by atoms with Crippen LogP contribution in [0.3, 0.4) is 0 Å². The Morgan fingerprint density at radius 2 is 1.50 bits per heavy atom. The first kappa shape index (κ1) is 21.6. The normalized spacial score (nSPS) is 11.2. The molecule has 32 heavy (non-hydrogen) atoms. The van der Waals surface area contributed by atoms with Crippen molar-refractivity contribution in [2.45, 2.75) is 17.7 Å². The van der Waals surface area contributed by atoms with Crippen molar-refractivity contribution < 1.29 is 13.2 Å². The average Bonchev–Trinajstić information content (AvgIpc) is 2.82. The summed E-state index contributed by atoms with van der Waals surface area (Å²) in [7, 11) is -3.71. The van der Waals surface area contributed by atoms with Gasteiger partial charge in [-0.05, 0) is 59.5 Å². The third-order valence-electron chi connectivity index (χ3n) is 5.22. The molecule has 0 bridgehead atoms. The van der Waals surface area contributed by atoms with Gasteiger partial charge in [-0.15, -0.1) is 0 Å². The smallest absolute Gasteiger partial charge is 0.261 e. The number of carbonyl (C=O) groups excluding carboxylic acids is 1. The standard InChI is InChI=1S/C26H24N2O3S/c29-26(27-18-8-13-21-11-6-10-20-9-4-5-17-25(20)21)22-12-7-14-23(19-22)28-32(30,31)24-15-2-1-3-16-24/h1-7,9-12,14-17,19,28H,8,13,18H2,(H,27,29). The number of fused-ring (bicyclic) bond motifs is 1. The van der Waals surface area contributed by atoms with Crippen LogP contribution in [0.1, 0.15) is 22.3 Å². The average molecular weight is 445 g/mol. The van der Waals surface area contributed by atoms with Crippen molar-refractivity contribution in [1.82, 2.24) is 5.32 Å². The summed E-state index contributed by atoms with van der Waals surface area (Å²) >= 11 is 0. The molecular weight excluding hydrogens is 420 g/mol. The van der Waals surface area contributed by atoms with E-state index < -0.39 is 10.0 Å². The number of anilines is 1. The molecule has 0 saturated carbocycles. The van der Waals surface area contributed by atoms with E-state index in [1.807, 2.05) is 12.1 Å². The molecule has 0 unspecified atom stereocenters. The molecule has 0 aliphatic carbocycles. The summed E-state index contributed by atoms with van der Waals surface area (Å²) in [5.41, 5.74) is 2.01. The fraction of sp³-hybridized carbons (Fsp3) is 0.115. The Bertz CT molecular complexity index is 1330. The van der Waals surface area contributed by atoms with Gasteiger partial charge in [0.15, 0.2) is 0 Å². The summed E-state index contributed by atoms with van der Waals surface area (Å²) in [4.78, 5) is 12.7. The van der Waals surface area contributed by atoms with Crippen molar-refractivity contribution in [2.75, 3.05) is 11.3 Å². The zero-order valence-electron chi connectivity index (χ0n) is 17.5. The van der Waals surface area contributed by atoms with Crippen LogP contribution in [0, 0.1) is 0 Å². The van der Waals surface area contributed by atoms with E-state index in [9.17, 15) is 13.2 Å². The molecule has 0 radical (unpaired) electrons. The number of hydrogen-bond donors (Lipinski definition) is 2. The number of amides is 1. The lowest BCUT2D eigenvalue weighted by Gasteiger charge is -2.10. The molecule has 0 heterocycles. The van der Waals surface area contributed by atoms with E-state index in [2.05, 4.69) is 40.4 Å². The van der Waals surface area contributed by atoms with Crippen molar-refractivity contribution in [1.29, 1.82) is 0 Å². The zero-order chi connectivity index (χ0) is 22.4. The van der Waals surface area contributed by atoms with E-state index in [0.717, 1.165) is 12.8 Å². The number of hydrogen-bond acceptors (Lipinski definition) is 3. The highest BCUT2D eigenvalue weighted by Gasteiger charge is 2.14. The second-order valence-electron chi connectivity index (χ2n) is 7.50. The van der Waals surface area contributed by atoms with Gasteiger partial charge in [-0.1, -0.05) is 66.7 Å². The van der Waals surface area contributed by atoms with Gasteiger partial charge in [0.05, 0.1) is 4.90 Å². The quantitative estimate of drug-likeness (QED) is 0.376. The van der Waals surface area contributed by atoms with Gasteiger partial charge in [-0.2, -0.15) is 0 Å². The van der Waals surface area contributed by atoms with Crippen LogP contribution in [0.2, 0.25) is 0 Å². The first-order valence-electron chi connectivity index (χ1n) is 10.5. The Labute approximate surface area is 188 Å². The highest BCUT2D eigenvalue weighted by Crippen LogP contribution is 2.20. The molecule has 4 aromatic carbocycles. The molecule has 4 rings (SSSR count). The molecule has 0 saturated heterocycles. The van der Waals surface area contributed by atoms with Crippen molar-refractivity contribution in [3.05, 3.63) is 108 Å². The van der Waals surface area contributed by atoms with E-state index in [1.165, 1.54) is 28.5 Å². The Kier molecular flexibility index (Phi) is 6.52. The van der Waals surface area contributed by atoms with Crippen LogP contribution in [-0.2, 0) is 16.4 Å². The van der Waals surface area contributed by atoms with Gasteiger partial charge in [0.25, 0.3) is 15.9 Å². The molecule has 5 nitrogen and oxygen atoms in total.